The predicted octanol–water partition coefficient (Wildman–Crippen LogP) is -0.278. The van der Waals surface area contributed by atoms with E-state index in [-0.39, 0.29) is 45.5 Å². The van der Waals surface area contributed by atoms with Gasteiger partial charge < -0.3 is 9.11 Å². The van der Waals surface area contributed by atoms with E-state index in [4.69, 9.17) is 25.9 Å². The second-order valence-corrected chi connectivity index (χ2v) is 4.54. The van der Waals surface area contributed by atoms with E-state index in [2.05, 4.69) is 0 Å². The van der Waals surface area contributed by atoms with Gasteiger partial charge in [-0.25, -0.2) is 16.8 Å². The van der Waals surface area contributed by atoms with Crippen molar-refractivity contribution < 1.29 is 52.3 Å². The van der Waals surface area contributed by atoms with E-state index in [1.807, 2.05) is 0 Å². The van der Waals surface area contributed by atoms with Gasteiger partial charge >= 0.3 is 56.5 Å². The molecule has 0 aliphatic heterocycles. The Kier molecular flexibility index (Phi) is 9.31. The van der Waals surface area contributed by atoms with E-state index in [0.717, 1.165) is 0 Å². The second kappa shape index (κ2) is 6.88. The smallest absolute Gasteiger partial charge is 0.741 e. The standard InChI is InChI=1S/2CHF3O3S.Sr/c2*2-1(3,4)8(5,6)7;/h2*(H,5,6,7);/q;;+2/p-2. The van der Waals surface area contributed by atoms with E-state index in [9.17, 15) is 26.3 Å². The normalized spacial score (nSPS) is 13.2. The molecule has 17 heavy (non-hydrogen) atoms. The maximum atomic E-state index is 10.7. The Morgan fingerprint density at radius 1 is 0.647 bits per heavy atom. The molecule has 0 atom stereocenters. The van der Waals surface area contributed by atoms with Crippen LogP contribution in [0.25, 0.3) is 0 Å². The van der Waals surface area contributed by atoms with Gasteiger partial charge in [-0.05, 0) is 0 Å². The number of hydrogen-bond donors (Lipinski definition) is 0. The van der Waals surface area contributed by atoms with Crippen molar-refractivity contribution in [2.45, 2.75) is 11.0 Å². The average Bonchev–Trinajstić information content (AvgIpc) is 1.77. The summed E-state index contributed by atoms with van der Waals surface area (Å²) in [5.74, 6) is 0. The maximum absolute atomic E-state index is 10.7. The summed E-state index contributed by atoms with van der Waals surface area (Å²) in [5, 5.41) is 0. The molecule has 0 heterocycles. The van der Waals surface area contributed by atoms with E-state index in [1.165, 1.54) is 0 Å². The van der Waals surface area contributed by atoms with Crippen molar-refractivity contribution in [2.75, 3.05) is 0 Å². The molecule has 100 valence electrons. The van der Waals surface area contributed by atoms with Crippen molar-refractivity contribution >= 4 is 65.7 Å². The molecule has 0 aromatic rings. The van der Waals surface area contributed by atoms with Crippen molar-refractivity contribution in [3.05, 3.63) is 0 Å². The molecule has 0 aromatic carbocycles. The van der Waals surface area contributed by atoms with Crippen LogP contribution >= 0.6 is 0 Å². The van der Waals surface area contributed by atoms with Crippen molar-refractivity contribution in [1.82, 2.24) is 0 Å². The van der Waals surface area contributed by atoms with Gasteiger partial charge in [-0.2, -0.15) is 26.3 Å². The minimum atomic E-state index is -6.09. The molecule has 0 radical (unpaired) electrons. The topological polar surface area (TPSA) is 114 Å². The molecule has 0 aliphatic carbocycles. The summed E-state index contributed by atoms with van der Waals surface area (Å²) in [6.45, 7) is 0. The molecular formula is C2F6O6S2Sr. The first-order chi connectivity index (χ1) is 6.50. The van der Waals surface area contributed by atoms with Crippen LogP contribution in [-0.4, -0.2) is 82.4 Å². The third-order valence-electron chi connectivity index (χ3n) is 0.567. The molecule has 6 nitrogen and oxygen atoms in total. The molecule has 0 amide bonds. The van der Waals surface area contributed by atoms with Crippen LogP contribution in [-0.2, 0) is 20.2 Å². The zero-order valence-electron chi connectivity index (χ0n) is 7.24. The first kappa shape index (κ1) is 23.0. The fraction of sp³-hybridized carbons (Fsp3) is 1.00. The minimum Gasteiger partial charge on any atom is -0.741 e. The van der Waals surface area contributed by atoms with E-state index in [1.54, 1.807) is 0 Å². The van der Waals surface area contributed by atoms with Crippen molar-refractivity contribution in [2.24, 2.45) is 0 Å². The molecule has 0 N–H and O–H groups in total. The van der Waals surface area contributed by atoms with Gasteiger partial charge in [0.05, 0.1) is 0 Å². The summed E-state index contributed by atoms with van der Waals surface area (Å²) in [5.41, 5.74) is -11.3. The Labute approximate surface area is 128 Å². The average molecular weight is 386 g/mol. The Balaban J connectivity index is -0.000000218. The van der Waals surface area contributed by atoms with Gasteiger partial charge in [-0.1, -0.05) is 0 Å². The van der Waals surface area contributed by atoms with E-state index < -0.39 is 31.3 Å². The molecule has 15 heteroatoms. The monoisotopic (exact) mass is 386 g/mol. The third-order valence-corrected chi connectivity index (χ3v) is 1.70. The van der Waals surface area contributed by atoms with Crippen molar-refractivity contribution in [1.29, 1.82) is 0 Å². The first-order valence-electron chi connectivity index (χ1n) is 2.54. The summed E-state index contributed by atoms with van der Waals surface area (Å²) in [6.07, 6.45) is 0. The molecule has 0 aromatic heterocycles. The van der Waals surface area contributed by atoms with Crippen LogP contribution in [0.5, 0.6) is 0 Å². The third kappa shape index (κ3) is 10.5. The van der Waals surface area contributed by atoms with Gasteiger partial charge in [0.15, 0.2) is 20.2 Å². The van der Waals surface area contributed by atoms with Crippen LogP contribution < -0.4 is 0 Å². The van der Waals surface area contributed by atoms with Gasteiger partial charge in [-0.15, -0.1) is 0 Å². The summed E-state index contributed by atoms with van der Waals surface area (Å²) in [7, 11) is -12.2. The van der Waals surface area contributed by atoms with Gasteiger partial charge in [0, 0.05) is 0 Å². The van der Waals surface area contributed by atoms with Crippen LogP contribution in [0.4, 0.5) is 26.3 Å². The summed E-state index contributed by atoms with van der Waals surface area (Å²) < 4.78 is 118. The zero-order chi connectivity index (χ0) is 14.0. The van der Waals surface area contributed by atoms with Crippen molar-refractivity contribution in [3.8, 4) is 0 Å². The SMILES string of the molecule is O=S(=O)([O-])C(F)(F)F.O=S(=O)([O-])C(F)(F)F.[Sr+2]. The Morgan fingerprint density at radius 3 is 0.706 bits per heavy atom. The van der Waals surface area contributed by atoms with E-state index >= 15 is 0 Å². The van der Waals surface area contributed by atoms with Crippen LogP contribution in [0, 0.1) is 0 Å². The molecule has 0 rings (SSSR count). The molecule has 0 saturated heterocycles. The molecule has 0 unspecified atom stereocenters. The maximum Gasteiger partial charge on any atom is 2.00 e. The number of hydrogen-bond acceptors (Lipinski definition) is 6. The summed E-state index contributed by atoms with van der Waals surface area (Å²) in [6, 6.07) is 0. The van der Waals surface area contributed by atoms with Gasteiger partial charge in [0.1, 0.15) is 0 Å². The quantitative estimate of drug-likeness (QED) is 0.245. The largest absolute Gasteiger partial charge is 2.00 e. The van der Waals surface area contributed by atoms with Gasteiger partial charge in [0.2, 0.25) is 0 Å². The van der Waals surface area contributed by atoms with E-state index in [0.29, 0.717) is 0 Å². The molecule has 0 spiro atoms. The molecule has 0 fully saturated rings. The Morgan fingerprint density at radius 2 is 0.706 bits per heavy atom. The predicted molar refractivity (Wildman–Crippen MR) is 37.3 cm³/mol. The number of alkyl halides is 6. The fourth-order valence-corrected chi connectivity index (χ4v) is 0. The van der Waals surface area contributed by atoms with Crippen molar-refractivity contribution in [3.63, 3.8) is 0 Å². The number of rotatable bonds is 0. The van der Waals surface area contributed by atoms with Gasteiger partial charge in [-0.3, -0.25) is 0 Å². The second-order valence-electron chi connectivity index (χ2n) is 1.80. The minimum absolute atomic E-state index is 0. The first-order valence-corrected chi connectivity index (χ1v) is 5.36. The molecular weight excluding hydrogens is 386 g/mol. The zero-order valence-corrected chi connectivity index (χ0v) is 12.4. The van der Waals surface area contributed by atoms with Gasteiger partial charge in [0.25, 0.3) is 0 Å². The molecule has 0 bridgehead atoms. The Bertz CT molecular complexity index is 374. The summed E-state index contributed by atoms with van der Waals surface area (Å²) in [4.78, 5) is 0. The van der Waals surface area contributed by atoms with Crippen LogP contribution in [0.1, 0.15) is 0 Å². The van der Waals surface area contributed by atoms with Crippen LogP contribution in [0.15, 0.2) is 0 Å². The van der Waals surface area contributed by atoms with Crippen LogP contribution in [0.2, 0.25) is 0 Å². The Hall–Kier alpha value is 0.881. The van der Waals surface area contributed by atoms with Crippen LogP contribution in [0.3, 0.4) is 0 Å². The number of halogens is 6. The summed E-state index contributed by atoms with van der Waals surface area (Å²) >= 11 is 0. The fourth-order valence-electron chi connectivity index (χ4n) is 0. The molecule has 0 saturated carbocycles. The molecule has 0 aliphatic rings.